The number of benzene rings is 1. The second-order valence-electron chi connectivity index (χ2n) is 4.63. The number of aromatic nitrogens is 1. The molecule has 0 fully saturated rings. The van der Waals surface area contributed by atoms with Crippen LogP contribution < -0.4 is 9.47 Å². The zero-order valence-electron chi connectivity index (χ0n) is 12.2. The van der Waals surface area contributed by atoms with E-state index in [1.165, 1.54) is 7.11 Å². The Labute approximate surface area is 127 Å². The van der Waals surface area contributed by atoms with Crippen LogP contribution in [0.1, 0.15) is 22.5 Å². The van der Waals surface area contributed by atoms with Gasteiger partial charge in [-0.1, -0.05) is 12.1 Å². The van der Waals surface area contributed by atoms with E-state index in [1.807, 2.05) is 6.07 Å². The van der Waals surface area contributed by atoms with Crippen molar-refractivity contribution in [3.63, 3.8) is 0 Å². The largest absolute Gasteiger partial charge is 0.493 e. The van der Waals surface area contributed by atoms with Crippen molar-refractivity contribution in [2.75, 3.05) is 13.7 Å². The number of para-hydroxylation sites is 2. The number of methoxy groups -OCH3 is 1. The van der Waals surface area contributed by atoms with Crippen molar-refractivity contribution in [2.45, 2.75) is 12.8 Å². The number of carbonyl (C=O) groups is 2. The lowest BCUT2D eigenvalue weighted by Crippen LogP contribution is -2.13. The normalized spacial score (nSPS) is 10.2. The summed E-state index contributed by atoms with van der Waals surface area (Å²) in [4.78, 5) is 25.7. The van der Waals surface area contributed by atoms with Gasteiger partial charge < -0.3 is 19.6 Å². The Morgan fingerprint density at radius 1 is 1.18 bits per heavy atom. The van der Waals surface area contributed by atoms with E-state index in [0.717, 1.165) is 0 Å². The van der Waals surface area contributed by atoms with Crippen LogP contribution in [-0.4, -0.2) is 35.6 Å². The number of Topliss-reactive ketones (excluding diaryl/α,β-unsaturated/α-hetero) is 1. The van der Waals surface area contributed by atoms with Gasteiger partial charge in [0.2, 0.25) is 5.78 Å². The number of H-pyrrole nitrogens is 1. The molecule has 1 heterocycles. The summed E-state index contributed by atoms with van der Waals surface area (Å²) < 4.78 is 10.6. The first-order valence-electron chi connectivity index (χ1n) is 6.79. The molecule has 2 rings (SSSR count). The second-order valence-corrected chi connectivity index (χ2v) is 4.63. The number of hydrogen-bond acceptors (Lipinski definition) is 4. The first-order chi connectivity index (χ1) is 10.6. The summed E-state index contributed by atoms with van der Waals surface area (Å²) in [5.74, 6) is -0.0812. The van der Waals surface area contributed by atoms with Gasteiger partial charge in [0.25, 0.3) is 0 Å². The second kappa shape index (κ2) is 7.31. The molecule has 0 aliphatic heterocycles. The van der Waals surface area contributed by atoms with Crippen LogP contribution in [0.4, 0.5) is 0 Å². The van der Waals surface area contributed by atoms with Gasteiger partial charge in [0.05, 0.1) is 13.5 Å². The molecule has 0 radical (unpaired) electrons. The molecule has 1 aromatic heterocycles. The Morgan fingerprint density at radius 3 is 2.59 bits per heavy atom. The Morgan fingerprint density at radius 2 is 1.91 bits per heavy atom. The van der Waals surface area contributed by atoms with Gasteiger partial charge in [-0.25, -0.2) is 0 Å². The van der Waals surface area contributed by atoms with Gasteiger partial charge >= 0.3 is 5.97 Å². The van der Waals surface area contributed by atoms with Crippen LogP contribution in [0.5, 0.6) is 11.5 Å². The summed E-state index contributed by atoms with van der Waals surface area (Å²) in [7, 11) is 1.53. The summed E-state index contributed by atoms with van der Waals surface area (Å²) in [5.41, 5.74) is 1.06. The summed E-state index contributed by atoms with van der Waals surface area (Å²) in [5, 5.41) is 8.71. The molecule has 6 nitrogen and oxygen atoms in total. The molecule has 22 heavy (non-hydrogen) atoms. The lowest BCUT2D eigenvalue weighted by molar-refractivity contribution is -0.136. The summed E-state index contributed by atoms with van der Waals surface area (Å²) in [6.45, 7) is -0.141. The molecular weight excluding hydrogens is 286 g/mol. The predicted molar refractivity (Wildman–Crippen MR) is 79.6 cm³/mol. The number of hydrogen-bond donors (Lipinski definition) is 2. The van der Waals surface area contributed by atoms with Gasteiger partial charge in [0, 0.05) is 17.5 Å². The van der Waals surface area contributed by atoms with Crippen LogP contribution in [-0.2, 0) is 11.2 Å². The van der Waals surface area contributed by atoms with Crippen molar-refractivity contribution < 1.29 is 24.2 Å². The van der Waals surface area contributed by atoms with E-state index >= 15 is 0 Å². The van der Waals surface area contributed by atoms with Gasteiger partial charge in [-0.2, -0.15) is 0 Å². The molecular formula is C16H17NO5. The van der Waals surface area contributed by atoms with E-state index in [9.17, 15) is 9.59 Å². The third kappa shape index (κ3) is 3.88. The van der Waals surface area contributed by atoms with Gasteiger partial charge in [-0.15, -0.1) is 0 Å². The number of carbonyl (C=O) groups excluding carboxylic acids is 1. The highest BCUT2D eigenvalue weighted by Crippen LogP contribution is 2.26. The molecule has 2 aromatic rings. The zero-order valence-corrected chi connectivity index (χ0v) is 12.2. The van der Waals surface area contributed by atoms with Crippen molar-refractivity contribution >= 4 is 11.8 Å². The summed E-state index contributed by atoms with van der Waals surface area (Å²) in [6.07, 6.45) is 1.86. The minimum absolute atomic E-state index is 0.0336. The third-order valence-electron chi connectivity index (χ3n) is 3.15. The maximum absolute atomic E-state index is 12.2. The molecule has 0 aliphatic rings. The molecule has 0 unspecified atom stereocenters. The Kier molecular flexibility index (Phi) is 5.19. The number of nitrogens with one attached hydrogen (secondary N) is 1. The fourth-order valence-electron chi connectivity index (χ4n) is 2.06. The summed E-state index contributed by atoms with van der Waals surface area (Å²) >= 11 is 0. The van der Waals surface area contributed by atoms with Gasteiger partial charge in [0.1, 0.15) is 0 Å². The lowest BCUT2D eigenvalue weighted by Gasteiger charge is -2.09. The fourth-order valence-corrected chi connectivity index (χ4v) is 2.06. The van der Waals surface area contributed by atoms with E-state index in [1.54, 1.807) is 30.5 Å². The molecule has 0 saturated carbocycles. The highest BCUT2D eigenvalue weighted by molar-refractivity contribution is 5.98. The van der Waals surface area contributed by atoms with Crippen LogP contribution in [0, 0.1) is 0 Å². The molecule has 0 atom stereocenters. The molecule has 2 N–H and O–H groups in total. The van der Waals surface area contributed by atoms with Crippen LogP contribution in [0.15, 0.2) is 36.5 Å². The van der Waals surface area contributed by atoms with Crippen LogP contribution >= 0.6 is 0 Å². The van der Waals surface area contributed by atoms with Crippen molar-refractivity contribution in [2.24, 2.45) is 0 Å². The average Bonchev–Trinajstić information content (AvgIpc) is 2.99. The monoisotopic (exact) mass is 303 g/mol. The van der Waals surface area contributed by atoms with E-state index in [0.29, 0.717) is 22.8 Å². The minimum atomic E-state index is -0.904. The van der Waals surface area contributed by atoms with E-state index in [2.05, 4.69) is 4.98 Å². The molecule has 0 saturated heterocycles. The molecule has 1 aromatic carbocycles. The maximum Gasteiger partial charge on any atom is 0.303 e. The number of rotatable bonds is 8. The topological polar surface area (TPSA) is 88.6 Å². The maximum atomic E-state index is 12.2. The third-order valence-corrected chi connectivity index (χ3v) is 3.15. The number of carboxylic acids is 1. The van der Waals surface area contributed by atoms with Crippen molar-refractivity contribution in [3.8, 4) is 11.5 Å². The van der Waals surface area contributed by atoms with Crippen molar-refractivity contribution in [3.05, 3.63) is 47.8 Å². The lowest BCUT2D eigenvalue weighted by atomic mass is 10.1. The molecule has 0 aliphatic carbocycles. The molecule has 116 valence electrons. The highest BCUT2D eigenvalue weighted by Gasteiger charge is 2.15. The number of aromatic amines is 1. The number of aliphatic carboxylic acids is 1. The van der Waals surface area contributed by atoms with Crippen LogP contribution in [0.25, 0.3) is 0 Å². The first kappa shape index (κ1) is 15.6. The van der Waals surface area contributed by atoms with E-state index in [4.69, 9.17) is 14.6 Å². The number of ether oxygens (including phenoxy) is 2. The molecule has 0 spiro atoms. The SMILES string of the molecule is COc1ccccc1OCC(=O)c1cc[nH]c1CCC(=O)O. The molecule has 0 bridgehead atoms. The number of carboxylic acid groups (broad SMARTS) is 1. The Balaban J connectivity index is 2.01. The fraction of sp³-hybridized carbons (Fsp3) is 0.250. The Hall–Kier alpha value is -2.76. The van der Waals surface area contributed by atoms with E-state index in [-0.39, 0.29) is 25.2 Å². The highest BCUT2D eigenvalue weighted by atomic mass is 16.5. The van der Waals surface area contributed by atoms with Crippen molar-refractivity contribution in [1.29, 1.82) is 0 Å². The predicted octanol–water partition coefficient (Wildman–Crippen LogP) is 2.30. The number of aryl methyl sites for hydroxylation is 1. The van der Waals surface area contributed by atoms with Gasteiger partial charge in [-0.05, 0) is 24.6 Å². The standard InChI is InChI=1S/C16H17NO5/c1-21-14-4-2-3-5-15(14)22-10-13(18)11-8-9-17-12(11)6-7-16(19)20/h2-5,8-9,17H,6-7,10H2,1H3,(H,19,20). The Bertz CT molecular complexity index is 662. The quantitative estimate of drug-likeness (QED) is 0.730. The molecule has 0 amide bonds. The first-order valence-corrected chi connectivity index (χ1v) is 6.79. The zero-order chi connectivity index (χ0) is 15.9. The van der Waals surface area contributed by atoms with E-state index < -0.39 is 5.97 Å². The molecule has 6 heteroatoms. The average molecular weight is 303 g/mol. The van der Waals surface area contributed by atoms with Crippen LogP contribution in [0.3, 0.4) is 0 Å². The van der Waals surface area contributed by atoms with Crippen LogP contribution in [0.2, 0.25) is 0 Å². The number of ketones is 1. The van der Waals surface area contributed by atoms with Crippen molar-refractivity contribution in [1.82, 2.24) is 4.98 Å². The smallest absolute Gasteiger partial charge is 0.303 e. The van der Waals surface area contributed by atoms with Gasteiger partial charge in [-0.3, -0.25) is 9.59 Å². The minimum Gasteiger partial charge on any atom is -0.493 e. The summed E-state index contributed by atoms with van der Waals surface area (Å²) in [6, 6.07) is 8.69. The van der Waals surface area contributed by atoms with Gasteiger partial charge in [0.15, 0.2) is 18.1 Å².